The van der Waals surface area contributed by atoms with E-state index < -0.39 is 28.8 Å². The highest BCUT2D eigenvalue weighted by atomic mass is 35.5. The number of aliphatic carboxylic acids is 1. The molecule has 0 saturated carbocycles. The number of carbonyl (C=O) groups excluding carboxylic acids is 1. The zero-order valence-corrected chi connectivity index (χ0v) is 24.0. The van der Waals surface area contributed by atoms with Crippen LogP contribution in [0.5, 0.6) is 0 Å². The van der Waals surface area contributed by atoms with Crippen LogP contribution in [-0.2, 0) is 11.2 Å². The lowest BCUT2D eigenvalue weighted by molar-refractivity contribution is -0.143. The number of rotatable bonds is 7. The van der Waals surface area contributed by atoms with Crippen molar-refractivity contribution in [2.75, 3.05) is 20.1 Å². The molecule has 1 aliphatic rings. The van der Waals surface area contributed by atoms with Crippen LogP contribution in [0.3, 0.4) is 0 Å². The summed E-state index contributed by atoms with van der Waals surface area (Å²) in [5.74, 6) is -3.08. The number of likely N-dealkylation sites (tertiary alicyclic amines) is 1. The highest BCUT2D eigenvalue weighted by molar-refractivity contribution is 6.35. The summed E-state index contributed by atoms with van der Waals surface area (Å²) >= 11 is 12.6. The number of benzene rings is 3. The molecular formula is C30H29Cl2FN4O4. The first kappa shape index (κ1) is 28.9. The highest BCUT2D eigenvalue weighted by Gasteiger charge is 2.36. The summed E-state index contributed by atoms with van der Waals surface area (Å²) < 4.78 is 17.7. The molecule has 0 radical (unpaired) electrons. The van der Waals surface area contributed by atoms with Crippen molar-refractivity contribution in [3.8, 4) is 5.69 Å². The van der Waals surface area contributed by atoms with Crippen LogP contribution in [-0.4, -0.2) is 56.7 Å². The number of nitrogens with zero attached hydrogens (tertiary/aromatic N) is 3. The van der Waals surface area contributed by atoms with Crippen molar-refractivity contribution < 1.29 is 19.1 Å². The molecule has 2 N–H and O–H groups in total. The Morgan fingerprint density at radius 1 is 1.02 bits per heavy atom. The minimum absolute atomic E-state index is 0.0445. The molecule has 8 nitrogen and oxygen atoms in total. The molecule has 2 heterocycles. The fourth-order valence-electron chi connectivity index (χ4n) is 5.44. The van der Waals surface area contributed by atoms with Crippen molar-refractivity contribution in [3.05, 3.63) is 98.1 Å². The summed E-state index contributed by atoms with van der Waals surface area (Å²) in [6.45, 7) is 3.12. The number of aromatic nitrogens is 2. The largest absolute Gasteiger partial charge is 0.480 e. The molecule has 1 fully saturated rings. The smallest absolute Gasteiger partial charge is 0.334 e. The van der Waals surface area contributed by atoms with Gasteiger partial charge in [-0.05, 0) is 81.9 Å². The summed E-state index contributed by atoms with van der Waals surface area (Å²) in [6, 6.07) is 16.1. The van der Waals surface area contributed by atoms with Crippen molar-refractivity contribution in [2.45, 2.75) is 37.8 Å². The normalized spacial score (nSPS) is 16.0. The lowest BCUT2D eigenvalue weighted by atomic mass is 9.92. The molecule has 1 aliphatic heterocycles. The number of halogens is 3. The Bertz CT molecular complexity index is 1670. The Balaban J connectivity index is 1.47. The molecule has 1 unspecified atom stereocenters. The fourth-order valence-corrected chi connectivity index (χ4v) is 5.95. The van der Waals surface area contributed by atoms with Gasteiger partial charge < -0.3 is 15.3 Å². The molecule has 214 valence electrons. The number of piperidine rings is 1. The summed E-state index contributed by atoms with van der Waals surface area (Å²) in [6.07, 6.45) is 1.59. The lowest BCUT2D eigenvalue weighted by Gasteiger charge is -2.29. The number of carbonyl (C=O) groups is 2. The Morgan fingerprint density at radius 2 is 1.66 bits per heavy atom. The van der Waals surface area contributed by atoms with Crippen LogP contribution < -0.4 is 11.0 Å². The van der Waals surface area contributed by atoms with Gasteiger partial charge in [0.25, 0.3) is 5.91 Å². The number of imidazole rings is 1. The average molecular weight is 599 g/mol. The van der Waals surface area contributed by atoms with Gasteiger partial charge >= 0.3 is 11.7 Å². The van der Waals surface area contributed by atoms with Gasteiger partial charge in [0.05, 0.1) is 32.3 Å². The van der Waals surface area contributed by atoms with Crippen LogP contribution in [0.1, 0.15) is 41.7 Å². The minimum Gasteiger partial charge on any atom is -0.480 e. The molecule has 0 bridgehead atoms. The molecule has 0 spiro atoms. The van der Waals surface area contributed by atoms with E-state index in [1.807, 2.05) is 16.7 Å². The predicted molar refractivity (Wildman–Crippen MR) is 157 cm³/mol. The van der Waals surface area contributed by atoms with Crippen molar-refractivity contribution in [2.24, 2.45) is 0 Å². The second-order valence-corrected chi connectivity index (χ2v) is 11.5. The van der Waals surface area contributed by atoms with Crippen molar-refractivity contribution in [1.82, 2.24) is 19.4 Å². The fraction of sp³-hybridized carbons (Fsp3) is 0.300. The van der Waals surface area contributed by atoms with Crippen molar-refractivity contribution >= 4 is 46.1 Å². The number of carboxylic acids is 1. The number of carboxylic acid groups (broad SMARTS) is 1. The topological polar surface area (TPSA) is 96.6 Å². The average Bonchev–Trinajstić information content (AvgIpc) is 3.22. The van der Waals surface area contributed by atoms with Crippen LogP contribution in [0.4, 0.5) is 4.39 Å². The van der Waals surface area contributed by atoms with E-state index in [4.69, 9.17) is 23.2 Å². The number of para-hydroxylation sites is 1. The molecule has 5 rings (SSSR count). The molecule has 1 aromatic heterocycles. The second kappa shape index (κ2) is 11.3. The first-order chi connectivity index (χ1) is 19.5. The standard InChI is InChI=1S/C30H29Cl2FN4O4/c1-30(28(39)40,34-27(38)25-21(31)5-3-7-23(25)33)17-18-9-11-19(12-10-18)37-26-22(32)6-4-8-24(26)36(29(37)41)20-13-15-35(2)16-14-20/h3-12,20H,13-17H2,1-2H3,(H,34,38)(H,39,40). The molecule has 11 heteroatoms. The van der Waals surface area contributed by atoms with Crippen LogP contribution in [0.15, 0.2) is 65.5 Å². The maximum Gasteiger partial charge on any atom is 0.334 e. The van der Waals surface area contributed by atoms with E-state index in [1.54, 1.807) is 34.9 Å². The number of fused-ring (bicyclic) bond motifs is 1. The van der Waals surface area contributed by atoms with Crippen LogP contribution in [0.2, 0.25) is 10.0 Å². The van der Waals surface area contributed by atoms with E-state index in [1.165, 1.54) is 19.1 Å². The van der Waals surface area contributed by atoms with E-state index in [0.29, 0.717) is 21.8 Å². The number of amides is 1. The highest BCUT2D eigenvalue weighted by Crippen LogP contribution is 2.31. The monoisotopic (exact) mass is 598 g/mol. The van der Waals surface area contributed by atoms with Gasteiger partial charge in [-0.25, -0.2) is 14.0 Å². The van der Waals surface area contributed by atoms with Crippen molar-refractivity contribution in [3.63, 3.8) is 0 Å². The van der Waals surface area contributed by atoms with E-state index in [2.05, 4.69) is 17.3 Å². The van der Waals surface area contributed by atoms with Gasteiger partial charge in [-0.15, -0.1) is 0 Å². The molecule has 1 atom stereocenters. The SMILES string of the molecule is CN1CCC(n2c(=O)n(-c3ccc(CC(C)(NC(=O)c4c(F)cccc4Cl)C(=O)O)cc3)c3c(Cl)cccc32)CC1. The van der Waals surface area contributed by atoms with Gasteiger partial charge in [0.2, 0.25) is 0 Å². The Labute approximate surface area is 245 Å². The third-order valence-corrected chi connectivity index (χ3v) is 8.32. The first-order valence-electron chi connectivity index (χ1n) is 13.2. The molecule has 41 heavy (non-hydrogen) atoms. The maximum absolute atomic E-state index is 14.3. The zero-order valence-electron chi connectivity index (χ0n) is 22.5. The van der Waals surface area contributed by atoms with Gasteiger partial charge in [0, 0.05) is 12.5 Å². The summed E-state index contributed by atoms with van der Waals surface area (Å²) in [7, 11) is 2.07. The minimum atomic E-state index is -1.77. The molecule has 0 aliphatic carbocycles. The second-order valence-electron chi connectivity index (χ2n) is 10.7. The molecule has 1 amide bonds. The predicted octanol–water partition coefficient (Wildman–Crippen LogP) is 5.32. The summed E-state index contributed by atoms with van der Waals surface area (Å²) in [4.78, 5) is 41.1. The quantitative estimate of drug-likeness (QED) is 0.300. The van der Waals surface area contributed by atoms with Gasteiger partial charge in [-0.1, -0.05) is 47.5 Å². The van der Waals surface area contributed by atoms with Crippen LogP contribution >= 0.6 is 23.2 Å². The molecule has 3 aromatic carbocycles. The van der Waals surface area contributed by atoms with E-state index in [0.717, 1.165) is 37.5 Å². The van der Waals surface area contributed by atoms with E-state index >= 15 is 0 Å². The van der Waals surface area contributed by atoms with E-state index in [-0.39, 0.29) is 23.2 Å². The molecule has 1 saturated heterocycles. The first-order valence-corrected chi connectivity index (χ1v) is 13.9. The Kier molecular flexibility index (Phi) is 7.96. The zero-order chi connectivity index (χ0) is 29.5. The van der Waals surface area contributed by atoms with Gasteiger partial charge in [0.15, 0.2) is 0 Å². The maximum atomic E-state index is 14.3. The van der Waals surface area contributed by atoms with Crippen LogP contribution in [0.25, 0.3) is 16.7 Å². The summed E-state index contributed by atoms with van der Waals surface area (Å²) in [5, 5.41) is 12.7. The number of hydrogen-bond acceptors (Lipinski definition) is 4. The Morgan fingerprint density at radius 3 is 2.29 bits per heavy atom. The lowest BCUT2D eigenvalue weighted by Crippen LogP contribution is -2.54. The van der Waals surface area contributed by atoms with Gasteiger partial charge in [0.1, 0.15) is 11.4 Å². The number of hydrogen-bond donors (Lipinski definition) is 2. The Hall–Kier alpha value is -3.66. The molecule has 4 aromatic rings. The number of nitrogens with one attached hydrogen (secondary N) is 1. The summed E-state index contributed by atoms with van der Waals surface area (Å²) in [5.41, 5.74) is 0.132. The van der Waals surface area contributed by atoms with Crippen LogP contribution in [0, 0.1) is 5.82 Å². The van der Waals surface area contributed by atoms with E-state index in [9.17, 15) is 23.9 Å². The van der Waals surface area contributed by atoms with Gasteiger partial charge in [-0.2, -0.15) is 0 Å². The third-order valence-electron chi connectivity index (χ3n) is 7.70. The third kappa shape index (κ3) is 5.49. The van der Waals surface area contributed by atoms with Crippen molar-refractivity contribution in [1.29, 1.82) is 0 Å². The van der Waals surface area contributed by atoms with Gasteiger partial charge in [-0.3, -0.25) is 13.9 Å². The molecular weight excluding hydrogens is 570 g/mol.